The van der Waals surface area contributed by atoms with Gasteiger partial charge in [-0.1, -0.05) is 11.8 Å². The molecule has 226 valence electrons. The molecule has 4 aromatic rings. The van der Waals surface area contributed by atoms with Crippen LogP contribution in [0.1, 0.15) is 28.8 Å². The van der Waals surface area contributed by atoms with Gasteiger partial charge in [0.1, 0.15) is 28.5 Å². The molecule has 1 fully saturated rings. The highest BCUT2D eigenvalue weighted by atomic mass is 19.1. The van der Waals surface area contributed by atoms with E-state index in [-0.39, 0.29) is 40.2 Å². The summed E-state index contributed by atoms with van der Waals surface area (Å²) in [5.74, 6) is 4.81. The molecule has 1 saturated heterocycles. The Morgan fingerprint density at radius 1 is 1.07 bits per heavy atom. The lowest BCUT2D eigenvalue weighted by molar-refractivity contribution is 0.102. The van der Waals surface area contributed by atoms with Crippen molar-refractivity contribution < 1.29 is 23.0 Å². The van der Waals surface area contributed by atoms with Gasteiger partial charge in [-0.2, -0.15) is 9.78 Å². The van der Waals surface area contributed by atoms with Crippen molar-refractivity contribution in [2.24, 2.45) is 5.92 Å². The van der Waals surface area contributed by atoms with E-state index in [1.54, 1.807) is 13.2 Å². The minimum Gasteiger partial charge on any atom is -0.453 e. The Bertz CT molecular complexity index is 1760. The molecule has 44 heavy (non-hydrogen) atoms. The van der Waals surface area contributed by atoms with Crippen LogP contribution >= 0.6 is 0 Å². The van der Waals surface area contributed by atoms with Crippen LogP contribution in [0, 0.1) is 29.4 Å². The molecule has 0 radical (unpaired) electrons. The van der Waals surface area contributed by atoms with Crippen LogP contribution in [0.3, 0.4) is 0 Å². The summed E-state index contributed by atoms with van der Waals surface area (Å²) in [5, 5.41) is 6.47. The largest absolute Gasteiger partial charge is 0.453 e. The standard InChI is InChI=1S/C32H30F2N6O4/c1-43-19-18-39-16-12-21(13-17-39)2-8-25-28(11-14-36-30(25)35)44-29-9-5-23(20-27(29)34)38-31(41)26-10-15-37-40(32(26)42)24-6-3-22(33)4-7-24/h3-7,9-11,14-15,20-21H,12-13,16-19H2,1H3,(H2,35,36)(H,38,41). The van der Waals surface area contributed by atoms with Crippen LogP contribution in [-0.2, 0) is 4.74 Å². The maximum absolute atomic E-state index is 15.1. The summed E-state index contributed by atoms with van der Waals surface area (Å²) in [6, 6.07) is 11.7. The van der Waals surface area contributed by atoms with Crippen LogP contribution in [0.25, 0.3) is 5.69 Å². The second-order valence-electron chi connectivity index (χ2n) is 10.1. The molecule has 1 aliphatic rings. The molecule has 10 nitrogen and oxygen atoms in total. The smallest absolute Gasteiger partial charge is 0.284 e. The summed E-state index contributed by atoms with van der Waals surface area (Å²) in [5.41, 5.74) is 5.88. The van der Waals surface area contributed by atoms with Gasteiger partial charge < -0.3 is 25.4 Å². The number of carbonyl (C=O) groups excluding carboxylic acids is 1. The Labute approximate surface area is 252 Å². The van der Waals surface area contributed by atoms with Crippen molar-refractivity contribution in [1.29, 1.82) is 0 Å². The van der Waals surface area contributed by atoms with Crippen LogP contribution in [0.2, 0.25) is 0 Å². The zero-order chi connectivity index (χ0) is 31.1. The molecular formula is C32H30F2N6O4. The number of carbonyl (C=O) groups is 1. The van der Waals surface area contributed by atoms with E-state index in [9.17, 15) is 14.0 Å². The number of ether oxygens (including phenoxy) is 2. The Balaban J connectivity index is 1.28. The number of hydrogen-bond acceptors (Lipinski definition) is 8. The average molecular weight is 601 g/mol. The number of nitrogen functional groups attached to an aromatic ring is 1. The van der Waals surface area contributed by atoms with Crippen molar-refractivity contribution >= 4 is 17.4 Å². The Morgan fingerprint density at radius 2 is 1.84 bits per heavy atom. The highest BCUT2D eigenvalue weighted by molar-refractivity contribution is 6.04. The minimum atomic E-state index is -0.773. The lowest BCUT2D eigenvalue weighted by atomic mass is 9.97. The van der Waals surface area contributed by atoms with Crippen LogP contribution in [0.4, 0.5) is 20.3 Å². The predicted octanol–water partition coefficient (Wildman–Crippen LogP) is 4.24. The number of pyridine rings is 1. The van der Waals surface area contributed by atoms with Crippen LogP contribution in [-0.4, -0.2) is 58.9 Å². The molecule has 3 heterocycles. The van der Waals surface area contributed by atoms with E-state index in [2.05, 4.69) is 32.1 Å². The van der Waals surface area contributed by atoms with Crippen LogP contribution in [0.15, 0.2) is 71.8 Å². The van der Waals surface area contributed by atoms with E-state index < -0.39 is 23.1 Å². The van der Waals surface area contributed by atoms with Gasteiger partial charge in [0.05, 0.1) is 12.3 Å². The third-order valence-electron chi connectivity index (χ3n) is 7.11. The lowest BCUT2D eigenvalue weighted by Gasteiger charge is -2.29. The van der Waals surface area contributed by atoms with Crippen molar-refractivity contribution in [3.63, 3.8) is 0 Å². The molecular weight excluding hydrogens is 570 g/mol. The van der Waals surface area contributed by atoms with E-state index in [0.29, 0.717) is 12.2 Å². The summed E-state index contributed by atoms with van der Waals surface area (Å²) in [4.78, 5) is 32.2. The number of nitrogens with one attached hydrogen (secondary N) is 1. The monoisotopic (exact) mass is 600 g/mol. The quantitative estimate of drug-likeness (QED) is 0.288. The van der Waals surface area contributed by atoms with Gasteiger partial charge >= 0.3 is 0 Å². The predicted molar refractivity (Wildman–Crippen MR) is 161 cm³/mol. The second kappa shape index (κ2) is 13.9. The Hall–Kier alpha value is -5.12. The maximum Gasteiger partial charge on any atom is 0.284 e. The van der Waals surface area contributed by atoms with Gasteiger partial charge in [0, 0.05) is 49.8 Å². The van der Waals surface area contributed by atoms with E-state index in [4.69, 9.17) is 15.2 Å². The SMILES string of the molecule is COCCN1CCC(C#Cc2c(Oc3ccc(NC(=O)c4ccnn(-c5ccc(F)cc5)c4=O)cc3F)ccnc2N)CC1. The molecule has 0 bridgehead atoms. The normalized spacial score (nSPS) is 13.6. The number of anilines is 2. The van der Waals surface area contributed by atoms with Crippen molar-refractivity contribution in [2.75, 3.05) is 44.4 Å². The molecule has 0 spiro atoms. The fraction of sp³-hybridized carbons (Fsp3) is 0.250. The fourth-order valence-electron chi connectivity index (χ4n) is 4.70. The third-order valence-corrected chi connectivity index (χ3v) is 7.11. The van der Waals surface area contributed by atoms with Gasteiger partial charge in [-0.05, 0) is 68.4 Å². The Morgan fingerprint density at radius 3 is 2.57 bits per heavy atom. The number of likely N-dealkylation sites (tertiary alicyclic amines) is 1. The maximum atomic E-state index is 15.1. The number of nitrogens with zero attached hydrogens (tertiary/aromatic N) is 4. The molecule has 0 unspecified atom stereocenters. The molecule has 12 heteroatoms. The first kappa shape index (κ1) is 30.3. The van der Waals surface area contributed by atoms with Gasteiger partial charge in [-0.3, -0.25) is 9.59 Å². The number of rotatable bonds is 8. The zero-order valence-electron chi connectivity index (χ0n) is 23.9. The second-order valence-corrected chi connectivity index (χ2v) is 10.1. The third kappa shape index (κ3) is 7.26. The fourth-order valence-corrected chi connectivity index (χ4v) is 4.70. The highest BCUT2D eigenvalue weighted by Gasteiger charge is 2.19. The van der Waals surface area contributed by atoms with Gasteiger partial charge in [0.2, 0.25) is 0 Å². The van der Waals surface area contributed by atoms with Crippen LogP contribution in [0.5, 0.6) is 11.5 Å². The summed E-state index contributed by atoms with van der Waals surface area (Å²) in [6.07, 6.45) is 4.54. The van der Waals surface area contributed by atoms with Gasteiger partial charge in [-0.25, -0.2) is 13.8 Å². The topological polar surface area (TPSA) is 125 Å². The summed E-state index contributed by atoms with van der Waals surface area (Å²) in [6.45, 7) is 3.43. The molecule has 3 N–H and O–H groups in total. The molecule has 2 aromatic heterocycles. The highest BCUT2D eigenvalue weighted by Crippen LogP contribution is 2.31. The van der Waals surface area contributed by atoms with E-state index in [1.165, 1.54) is 54.9 Å². The minimum absolute atomic E-state index is 0.0930. The number of halogens is 2. The van der Waals surface area contributed by atoms with E-state index in [0.717, 1.165) is 43.2 Å². The van der Waals surface area contributed by atoms with Crippen molar-refractivity contribution in [3.05, 3.63) is 100 Å². The molecule has 1 amide bonds. The number of hydrogen-bond donors (Lipinski definition) is 2. The molecule has 5 rings (SSSR count). The number of nitrogens with two attached hydrogens (primary N) is 1. The lowest BCUT2D eigenvalue weighted by Crippen LogP contribution is -2.35. The Kier molecular flexibility index (Phi) is 9.59. The zero-order valence-corrected chi connectivity index (χ0v) is 23.9. The van der Waals surface area contributed by atoms with E-state index >= 15 is 4.39 Å². The summed E-state index contributed by atoms with van der Waals surface area (Å²) >= 11 is 0. The first-order valence-electron chi connectivity index (χ1n) is 13.9. The molecule has 1 aliphatic heterocycles. The molecule has 2 aromatic carbocycles. The number of piperidine rings is 1. The number of aromatic nitrogens is 3. The average Bonchev–Trinajstić information content (AvgIpc) is 3.02. The molecule has 0 atom stereocenters. The first-order valence-corrected chi connectivity index (χ1v) is 13.9. The van der Waals surface area contributed by atoms with Crippen LogP contribution < -0.4 is 21.3 Å². The number of methoxy groups -OCH3 is 1. The first-order chi connectivity index (χ1) is 21.3. The molecule has 0 saturated carbocycles. The van der Waals surface area contributed by atoms with Gasteiger partial charge in [0.25, 0.3) is 11.5 Å². The summed E-state index contributed by atoms with van der Waals surface area (Å²) < 4.78 is 40.4. The van der Waals surface area contributed by atoms with Crippen molar-refractivity contribution in [1.82, 2.24) is 19.7 Å². The molecule has 0 aliphatic carbocycles. The summed E-state index contributed by atoms with van der Waals surface area (Å²) in [7, 11) is 1.69. The number of benzene rings is 2. The van der Waals surface area contributed by atoms with E-state index in [1.807, 2.05) is 0 Å². The van der Waals surface area contributed by atoms with Gasteiger partial charge in [0.15, 0.2) is 11.6 Å². The van der Waals surface area contributed by atoms with Crippen molar-refractivity contribution in [2.45, 2.75) is 12.8 Å². The van der Waals surface area contributed by atoms with Gasteiger partial charge in [-0.15, -0.1) is 0 Å². The van der Waals surface area contributed by atoms with Crippen molar-refractivity contribution in [3.8, 4) is 29.0 Å². The number of amides is 1.